The molecule has 0 bridgehead atoms. The molecule has 0 spiro atoms. The molecule has 0 aliphatic heterocycles. The fourth-order valence-electron chi connectivity index (χ4n) is 0.902. The number of thiophene rings is 1. The topological polar surface area (TPSA) is 63.3 Å². The summed E-state index contributed by atoms with van der Waals surface area (Å²) >= 11 is 1.48. The third-order valence-electron chi connectivity index (χ3n) is 1.54. The van der Waals surface area contributed by atoms with Crippen molar-refractivity contribution in [3.63, 3.8) is 0 Å². The monoisotopic (exact) mass is 185 g/mol. The van der Waals surface area contributed by atoms with Gasteiger partial charge in [0.2, 0.25) is 5.91 Å². The number of aliphatic hydroxyl groups is 1. The van der Waals surface area contributed by atoms with Crippen LogP contribution in [0.3, 0.4) is 0 Å². The van der Waals surface area contributed by atoms with Crippen LogP contribution < -0.4 is 5.73 Å². The second kappa shape index (κ2) is 4.23. The summed E-state index contributed by atoms with van der Waals surface area (Å²) in [6, 6.07) is 3.71. The molecule has 1 rings (SSSR count). The Morgan fingerprint density at radius 2 is 2.50 bits per heavy atom. The molecule has 66 valence electrons. The third-order valence-corrected chi connectivity index (χ3v) is 2.51. The summed E-state index contributed by atoms with van der Waals surface area (Å²) < 4.78 is 0. The van der Waals surface area contributed by atoms with Crippen molar-refractivity contribution in [1.82, 2.24) is 0 Å². The molecule has 1 aromatic heterocycles. The number of hydrogen-bond acceptors (Lipinski definition) is 3. The number of hydrogen-bond donors (Lipinski definition) is 2. The van der Waals surface area contributed by atoms with Crippen molar-refractivity contribution in [2.45, 2.75) is 18.9 Å². The molecule has 1 unspecified atom stereocenters. The highest BCUT2D eigenvalue weighted by Gasteiger charge is 2.08. The van der Waals surface area contributed by atoms with Crippen LogP contribution in [0.1, 0.15) is 23.8 Å². The summed E-state index contributed by atoms with van der Waals surface area (Å²) in [4.78, 5) is 11.3. The van der Waals surface area contributed by atoms with Gasteiger partial charge < -0.3 is 10.8 Å². The lowest BCUT2D eigenvalue weighted by atomic mass is 10.1. The van der Waals surface area contributed by atoms with E-state index in [2.05, 4.69) is 0 Å². The molecule has 4 heteroatoms. The number of carbonyl (C=O) groups is 1. The van der Waals surface area contributed by atoms with Gasteiger partial charge in [0, 0.05) is 11.3 Å². The lowest BCUT2D eigenvalue weighted by Crippen LogP contribution is -2.11. The molecule has 1 aromatic rings. The van der Waals surface area contributed by atoms with Gasteiger partial charge in [0.1, 0.15) is 0 Å². The maximum absolute atomic E-state index is 10.4. The van der Waals surface area contributed by atoms with Crippen LogP contribution in [0.15, 0.2) is 17.5 Å². The first-order valence-corrected chi connectivity index (χ1v) is 4.58. The van der Waals surface area contributed by atoms with Gasteiger partial charge in [-0.05, 0) is 17.9 Å². The highest BCUT2D eigenvalue weighted by molar-refractivity contribution is 7.10. The van der Waals surface area contributed by atoms with Gasteiger partial charge >= 0.3 is 0 Å². The largest absolute Gasteiger partial charge is 0.388 e. The fraction of sp³-hybridized carbons (Fsp3) is 0.375. The van der Waals surface area contributed by atoms with E-state index >= 15 is 0 Å². The molecule has 0 radical (unpaired) electrons. The minimum atomic E-state index is -0.544. The summed E-state index contributed by atoms with van der Waals surface area (Å²) in [5.74, 6) is -0.370. The molecule has 0 aliphatic carbocycles. The Bertz CT molecular complexity index is 246. The molecular weight excluding hydrogens is 174 g/mol. The number of nitrogens with two attached hydrogens (primary N) is 1. The zero-order chi connectivity index (χ0) is 8.97. The molecule has 3 nitrogen and oxygen atoms in total. The first-order valence-electron chi connectivity index (χ1n) is 3.70. The minimum absolute atomic E-state index is 0.235. The smallest absolute Gasteiger partial charge is 0.217 e. The van der Waals surface area contributed by atoms with Gasteiger partial charge in [-0.2, -0.15) is 0 Å². The molecule has 1 amide bonds. The number of amides is 1. The maximum atomic E-state index is 10.4. The zero-order valence-corrected chi connectivity index (χ0v) is 7.38. The Morgan fingerprint density at radius 1 is 1.75 bits per heavy atom. The van der Waals surface area contributed by atoms with E-state index in [1.807, 2.05) is 17.5 Å². The number of carbonyl (C=O) groups excluding carboxylic acids is 1. The molecule has 1 atom stereocenters. The van der Waals surface area contributed by atoms with Crippen molar-refractivity contribution in [3.8, 4) is 0 Å². The van der Waals surface area contributed by atoms with Gasteiger partial charge in [0.05, 0.1) is 6.10 Å². The Kier molecular flexibility index (Phi) is 3.25. The SMILES string of the molecule is NC(=O)CCC(O)c1cccs1. The maximum Gasteiger partial charge on any atom is 0.217 e. The van der Waals surface area contributed by atoms with Crippen molar-refractivity contribution < 1.29 is 9.90 Å². The quantitative estimate of drug-likeness (QED) is 0.736. The Labute approximate surface area is 74.8 Å². The summed E-state index contributed by atoms with van der Waals surface area (Å²) in [5.41, 5.74) is 4.95. The van der Waals surface area contributed by atoms with Gasteiger partial charge in [-0.25, -0.2) is 0 Å². The molecule has 0 aromatic carbocycles. The van der Waals surface area contributed by atoms with E-state index in [9.17, 15) is 9.90 Å². The highest BCUT2D eigenvalue weighted by atomic mass is 32.1. The molecule has 0 saturated carbocycles. The summed E-state index contributed by atoms with van der Waals surface area (Å²) in [6.45, 7) is 0. The van der Waals surface area contributed by atoms with Crippen molar-refractivity contribution in [1.29, 1.82) is 0 Å². The second-order valence-corrected chi connectivity index (χ2v) is 3.52. The number of rotatable bonds is 4. The molecule has 0 fully saturated rings. The predicted octanol–water partition coefficient (Wildman–Crippen LogP) is 1.05. The average Bonchev–Trinajstić information content (AvgIpc) is 2.51. The van der Waals surface area contributed by atoms with E-state index in [-0.39, 0.29) is 12.3 Å². The van der Waals surface area contributed by atoms with Gasteiger partial charge in [-0.1, -0.05) is 6.07 Å². The molecule has 1 heterocycles. The summed E-state index contributed by atoms with van der Waals surface area (Å²) in [6.07, 6.45) is 0.104. The van der Waals surface area contributed by atoms with Crippen molar-refractivity contribution in [2.24, 2.45) is 5.73 Å². The number of primary amides is 1. The Hall–Kier alpha value is -0.870. The fourth-order valence-corrected chi connectivity index (χ4v) is 1.65. The van der Waals surface area contributed by atoms with Crippen LogP contribution in [-0.4, -0.2) is 11.0 Å². The third kappa shape index (κ3) is 2.64. The van der Waals surface area contributed by atoms with Gasteiger partial charge in [-0.3, -0.25) is 4.79 Å². The lowest BCUT2D eigenvalue weighted by Gasteiger charge is -2.05. The molecule has 12 heavy (non-hydrogen) atoms. The molecule has 0 saturated heterocycles. The number of aliphatic hydroxyl groups excluding tert-OH is 1. The average molecular weight is 185 g/mol. The van der Waals surface area contributed by atoms with Gasteiger partial charge in [-0.15, -0.1) is 11.3 Å². The van der Waals surface area contributed by atoms with Crippen LogP contribution in [0.25, 0.3) is 0 Å². The van der Waals surface area contributed by atoms with E-state index in [0.717, 1.165) is 4.88 Å². The summed E-state index contributed by atoms with van der Waals surface area (Å²) in [5, 5.41) is 11.4. The van der Waals surface area contributed by atoms with Crippen molar-refractivity contribution in [2.75, 3.05) is 0 Å². The Balaban J connectivity index is 2.39. The highest BCUT2D eigenvalue weighted by Crippen LogP contribution is 2.22. The van der Waals surface area contributed by atoms with Gasteiger partial charge in [0.15, 0.2) is 0 Å². The summed E-state index contributed by atoms with van der Waals surface area (Å²) in [7, 11) is 0. The standard InChI is InChI=1S/C8H11NO2S/c9-8(11)4-3-6(10)7-2-1-5-12-7/h1-2,5-6,10H,3-4H2,(H2,9,11). The van der Waals surface area contributed by atoms with Crippen LogP contribution >= 0.6 is 11.3 Å². The predicted molar refractivity (Wildman–Crippen MR) is 47.7 cm³/mol. The van der Waals surface area contributed by atoms with E-state index in [1.165, 1.54) is 11.3 Å². The van der Waals surface area contributed by atoms with Crippen LogP contribution in [-0.2, 0) is 4.79 Å². The molecular formula is C8H11NO2S. The van der Waals surface area contributed by atoms with E-state index in [0.29, 0.717) is 6.42 Å². The first-order chi connectivity index (χ1) is 5.70. The molecule has 0 aliphatic rings. The van der Waals surface area contributed by atoms with E-state index in [1.54, 1.807) is 0 Å². The normalized spacial score (nSPS) is 12.8. The zero-order valence-electron chi connectivity index (χ0n) is 6.56. The Morgan fingerprint density at radius 3 is 3.00 bits per heavy atom. The van der Waals surface area contributed by atoms with Crippen LogP contribution in [0, 0.1) is 0 Å². The lowest BCUT2D eigenvalue weighted by molar-refractivity contribution is -0.118. The van der Waals surface area contributed by atoms with Crippen LogP contribution in [0.5, 0.6) is 0 Å². The minimum Gasteiger partial charge on any atom is -0.388 e. The van der Waals surface area contributed by atoms with Gasteiger partial charge in [0.25, 0.3) is 0 Å². The van der Waals surface area contributed by atoms with Crippen LogP contribution in [0.4, 0.5) is 0 Å². The molecule has 3 N–H and O–H groups in total. The van der Waals surface area contributed by atoms with Crippen LogP contribution in [0.2, 0.25) is 0 Å². The van der Waals surface area contributed by atoms with Crippen molar-refractivity contribution in [3.05, 3.63) is 22.4 Å². The first kappa shape index (κ1) is 9.22. The van der Waals surface area contributed by atoms with E-state index < -0.39 is 6.10 Å². The second-order valence-electron chi connectivity index (χ2n) is 2.54. The van der Waals surface area contributed by atoms with E-state index in [4.69, 9.17) is 5.73 Å². The van der Waals surface area contributed by atoms with Crippen molar-refractivity contribution >= 4 is 17.2 Å².